The molecule has 0 heterocycles. The Kier molecular flexibility index (Phi) is 7.93. The summed E-state index contributed by atoms with van der Waals surface area (Å²) in [6.07, 6.45) is 8.40. The molecular weight excluding hydrogens is 330 g/mol. The van der Waals surface area contributed by atoms with Gasteiger partial charge in [0, 0.05) is 18.7 Å². The molecule has 0 saturated carbocycles. The van der Waals surface area contributed by atoms with Crippen LogP contribution in [0.1, 0.15) is 24.8 Å². The molecular formula is C17H21NO3S2. The number of hydrogen-bond donors (Lipinski definition) is 0. The van der Waals surface area contributed by atoms with Crippen LogP contribution in [0.4, 0.5) is 4.79 Å². The molecule has 1 aromatic carbocycles. The quantitative estimate of drug-likeness (QED) is 0.406. The zero-order valence-corrected chi connectivity index (χ0v) is 14.8. The molecule has 124 valence electrons. The Morgan fingerprint density at radius 2 is 2.04 bits per heavy atom. The van der Waals surface area contributed by atoms with E-state index >= 15 is 0 Å². The lowest BCUT2D eigenvalue weighted by Gasteiger charge is -2.21. The lowest BCUT2D eigenvalue weighted by Crippen LogP contribution is -2.35. The van der Waals surface area contributed by atoms with Gasteiger partial charge in [0.1, 0.15) is 0 Å². The topological polar surface area (TPSA) is 54.5 Å². The number of rotatable bonds is 8. The summed E-state index contributed by atoms with van der Waals surface area (Å²) in [6.45, 7) is 5.54. The van der Waals surface area contributed by atoms with Gasteiger partial charge in [-0.05, 0) is 31.9 Å². The second-order valence-electron chi connectivity index (χ2n) is 4.89. The number of unbranched alkanes of at least 4 members (excludes halogenated alkanes) is 1. The predicted octanol–water partition coefficient (Wildman–Crippen LogP) is 3.83. The van der Waals surface area contributed by atoms with Crippen molar-refractivity contribution in [1.82, 2.24) is 4.31 Å². The Labute approximate surface area is 143 Å². The number of benzene rings is 1. The Bertz CT molecular complexity index is 673. The highest BCUT2D eigenvalue weighted by Crippen LogP contribution is 2.22. The van der Waals surface area contributed by atoms with Gasteiger partial charge in [-0.25, -0.2) is 12.7 Å². The van der Waals surface area contributed by atoms with Crippen molar-refractivity contribution in [3.63, 3.8) is 0 Å². The molecule has 1 amide bonds. The van der Waals surface area contributed by atoms with Crippen LogP contribution in [-0.2, 0) is 10.0 Å². The molecule has 0 atom stereocenters. The average molecular weight is 351 g/mol. The van der Waals surface area contributed by atoms with Crippen LogP contribution >= 0.6 is 11.8 Å². The normalized spacial score (nSPS) is 10.8. The summed E-state index contributed by atoms with van der Waals surface area (Å²) in [5.41, 5.74) is 0.955. The van der Waals surface area contributed by atoms with Crippen LogP contribution in [0.3, 0.4) is 0 Å². The van der Waals surface area contributed by atoms with Crippen molar-refractivity contribution in [2.45, 2.75) is 31.1 Å². The largest absolute Gasteiger partial charge is 0.295 e. The van der Waals surface area contributed by atoms with Gasteiger partial charge in [-0.15, -0.1) is 18.9 Å². The maximum absolute atomic E-state index is 12.7. The number of terminal acetylenes is 1. The first kappa shape index (κ1) is 19.3. The molecule has 0 spiro atoms. The molecule has 0 bridgehead atoms. The number of hydrogen-bond acceptors (Lipinski definition) is 4. The van der Waals surface area contributed by atoms with E-state index in [1.54, 1.807) is 18.2 Å². The Hall–Kier alpha value is -1.71. The molecule has 1 rings (SSSR count). The summed E-state index contributed by atoms with van der Waals surface area (Å²) in [5, 5.41) is -0.482. The molecule has 6 heteroatoms. The first-order valence-electron chi connectivity index (χ1n) is 7.24. The van der Waals surface area contributed by atoms with E-state index in [4.69, 9.17) is 6.42 Å². The fraction of sp³-hybridized carbons (Fsp3) is 0.353. The third-order valence-electron chi connectivity index (χ3n) is 3.04. The Balaban J connectivity index is 2.95. The summed E-state index contributed by atoms with van der Waals surface area (Å²) in [7, 11) is -3.86. The van der Waals surface area contributed by atoms with Gasteiger partial charge in [-0.1, -0.05) is 35.5 Å². The number of thioether (sulfide) groups is 1. The van der Waals surface area contributed by atoms with Crippen molar-refractivity contribution in [3.8, 4) is 12.3 Å². The van der Waals surface area contributed by atoms with E-state index in [0.29, 0.717) is 25.0 Å². The van der Waals surface area contributed by atoms with Gasteiger partial charge >= 0.3 is 0 Å². The van der Waals surface area contributed by atoms with Crippen molar-refractivity contribution < 1.29 is 13.2 Å². The third kappa shape index (κ3) is 5.77. The van der Waals surface area contributed by atoms with Crippen LogP contribution in [0.25, 0.3) is 0 Å². The van der Waals surface area contributed by atoms with Gasteiger partial charge in [0.15, 0.2) is 0 Å². The number of carbonyl (C=O) groups is 1. The molecule has 23 heavy (non-hydrogen) atoms. The van der Waals surface area contributed by atoms with Crippen molar-refractivity contribution in [2.75, 3.05) is 12.3 Å². The third-order valence-corrected chi connectivity index (χ3v) is 5.91. The second-order valence-corrected chi connectivity index (χ2v) is 7.80. The fourth-order valence-corrected chi connectivity index (χ4v) is 4.19. The first-order valence-corrected chi connectivity index (χ1v) is 9.66. The van der Waals surface area contributed by atoms with Gasteiger partial charge in [-0.3, -0.25) is 4.79 Å². The SMILES string of the molecule is C#CCCCSC(=O)N(CCC=C)S(=O)(=O)c1ccc(C)cc1. The molecule has 0 aliphatic rings. The highest BCUT2D eigenvalue weighted by atomic mass is 32.2. The number of amides is 1. The minimum absolute atomic E-state index is 0.0840. The van der Waals surface area contributed by atoms with Gasteiger partial charge in [0.25, 0.3) is 15.3 Å². The molecule has 0 aliphatic heterocycles. The van der Waals surface area contributed by atoms with E-state index in [-0.39, 0.29) is 11.4 Å². The monoisotopic (exact) mass is 351 g/mol. The summed E-state index contributed by atoms with van der Waals surface area (Å²) < 4.78 is 26.3. The lowest BCUT2D eigenvalue weighted by atomic mass is 10.2. The standard InChI is InChI=1S/C17H21NO3S2/c1-4-6-8-14-22-17(19)18(13-7-5-2)23(20,21)16-11-9-15(3)10-12-16/h1,5,9-12H,2,6-8,13-14H2,3H3. The maximum atomic E-state index is 12.7. The van der Waals surface area contributed by atoms with Crippen LogP contribution < -0.4 is 0 Å². The molecule has 0 N–H and O–H groups in total. The molecule has 0 fully saturated rings. The number of carbonyl (C=O) groups excluding carboxylic acids is 1. The molecule has 1 aromatic rings. The van der Waals surface area contributed by atoms with E-state index in [0.717, 1.165) is 21.6 Å². The highest BCUT2D eigenvalue weighted by Gasteiger charge is 2.28. The van der Waals surface area contributed by atoms with Crippen molar-refractivity contribution in [1.29, 1.82) is 0 Å². The summed E-state index contributed by atoms with van der Waals surface area (Å²) in [4.78, 5) is 12.4. The minimum atomic E-state index is -3.86. The fourth-order valence-electron chi connectivity index (χ4n) is 1.76. The van der Waals surface area contributed by atoms with E-state index in [1.165, 1.54) is 12.1 Å². The van der Waals surface area contributed by atoms with E-state index in [1.807, 2.05) is 6.92 Å². The number of sulfonamides is 1. The molecule has 0 radical (unpaired) electrons. The Morgan fingerprint density at radius 3 is 2.61 bits per heavy atom. The highest BCUT2D eigenvalue weighted by molar-refractivity contribution is 8.14. The number of aryl methyl sites for hydroxylation is 1. The van der Waals surface area contributed by atoms with Gasteiger partial charge in [0.2, 0.25) is 0 Å². The van der Waals surface area contributed by atoms with Crippen LogP contribution in [0, 0.1) is 19.3 Å². The van der Waals surface area contributed by atoms with Gasteiger partial charge in [-0.2, -0.15) is 0 Å². The van der Waals surface area contributed by atoms with E-state index < -0.39 is 15.3 Å². The van der Waals surface area contributed by atoms with Crippen LogP contribution in [0.5, 0.6) is 0 Å². The molecule has 0 unspecified atom stereocenters. The summed E-state index contributed by atoms with van der Waals surface area (Å²) in [6, 6.07) is 6.45. The Morgan fingerprint density at radius 1 is 1.39 bits per heavy atom. The smallest absolute Gasteiger partial charge is 0.261 e. The molecule has 0 aromatic heterocycles. The van der Waals surface area contributed by atoms with E-state index in [2.05, 4.69) is 12.5 Å². The molecule has 0 saturated heterocycles. The number of nitrogens with zero attached hydrogens (tertiary/aromatic N) is 1. The van der Waals surface area contributed by atoms with Gasteiger partial charge in [0.05, 0.1) is 4.90 Å². The summed E-state index contributed by atoms with van der Waals surface area (Å²) in [5.74, 6) is 2.99. The minimum Gasteiger partial charge on any atom is -0.261 e. The lowest BCUT2D eigenvalue weighted by molar-refractivity contribution is 0.246. The molecule has 0 aliphatic carbocycles. The average Bonchev–Trinajstić information content (AvgIpc) is 2.52. The van der Waals surface area contributed by atoms with Gasteiger partial charge < -0.3 is 0 Å². The maximum Gasteiger partial charge on any atom is 0.295 e. The predicted molar refractivity (Wildman–Crippen MR) is 95.8 cm³/mol. The second kappa shape index (κ2) is 9.43. The van der Waals surface area contributed by atoms with Crippen LogP contribution in [-0.4, -0.2) is 30.3 Å². The van der Waals surface area contributed by atoms with Crippen molar-refractivity contribution in [2.24, 2.45) is 0 Å². The van der Waals surface area contributed by atoms with Crippen LogP contribution in [0.15, 0.2) is 41.8 Å². The summed E-state index contributed by atoms with van der Waals surface area (Å²) >= 11 is 0.978. The van der Waals surface area contributed by atoms with Crippen LogP contribution in [0.2, 0.25) is 0 Å². The molecule has 4 nitrogen and oxygen atoms in total. The van der Waals surface area contributed by atoms with Crippen molar-refractivity contribution in [3.05, 3.63) is 42.5 Å². The first-order chi connectivity index (χ1) is 10.9. The van der Waals surface area contributed by atoms with Crippen molar-refractivity contribution >= 4 is 27.0 Å². The zero-order valence-electron chi connectivity index (χ0n) is 13.2. The van der Waals surface area contributed by atoms with E-state index in [9.17, 15) is 13.2 Å². The zero-order chi connectivity index (χ0) is 17.3.